The molecular weight excluding hydrogens is 372 g/mol. The van der Waals surface area contributed by atoms with Crippen LogP contribution in [0.2, 0.25) is 5.02 Å². The molecule has 0 radical (unpaired) electrons. The topological polar surface area (TPSA) is 66.5 Å². The standard InChI is InChI=1S/C19H23ClN2O3S/c1-14(2)15(3)21-19(23)13-22(17-11-9-16(20)10-12-17)26(24,25)18-7-5-4-6-8-18/h4-12,14-15H,13H2,1-3H3,(H,21,23)/t15-/m0/s1. The molecule has 0 spiro atoms. The lowest BCUT2D eigenvalue weighted by atomic mass is 10.1. The number of amides is 1. The summed E-state index contributed by atoms with van der Waals surface area (Å²) >= 11 is 5.91. The third kappa shape index (κ3) is 4.99. The van der Waals surface area contributed by atoms with Gasteiger partial charge in [0.2, 0.25) is 5.91 Å². The number of hydrogen-bond donors (Lipinski definition) is 1. The van der Waals surface area contributed by atoms with Crippen LogP contribution in [-0.2, 0) is 14.8 Å². The predicted molar refractivity (Wildman–Crippen MR) is 105 cm³/mol. The highest BCUT2D eigenvalue weighted by molar-refractivity contribution is 7.92. The Balaban J connectivity index is 2.37. The molecule has 0 aromatic heterocycles. The molecule has 0 saturated carbocycles. The number of halogens is 1. The zero-order chi connectivity index (χ0) is 19.3. The molecule has 2 rings (SSSR count). The molecule has 0 aliphatic carbocycles. The van der Waals surface area contributed by atoms with Gasteiger partial charge in [-0.15, -0.1) is 0 Å². The third-order valence-electron chi connectivity index (χ3n) is 4.12. The van der Waals surface area contributed by atoms with E-state index in [4.69, 9.17) is 11.6 Å². The van der Waals surface area contributed by atoms with E-state index in [0.29, 0.717) is 10.7 Å². The fourth-order valence-electron chi connectivity index (χ4n) is 2.24. The Morgan fingerprint density at radius 3 is 2.15 bits per heavy atom. The monoisotopic (exact) mass is 394 g/mol. The minimum atomic E-state index is -3.89. The van der Waals surface area contributed by atoms with Crippen LogP contribution in [-0.4, -0.2) is 26.9 Å². The molecule has 0 saturated heterocycles. The lowest BCUT2D eigenvalue weighted by Gasteiger charge is -2.25. The number of nitrogens with one attached hydrogen (secondary N) is 1. The van der Waals surface area contributed by atoms with Crippen molar-refractivity contribution in [3.05, 3.63) is 59.6 Å². The maximum Gasteiger partial charge on any atom is 0.264 e. The van der Waals surface area contributed by atoms with Crippen LogP contribution in [0.3, 0.4) is 0 Å². The molecule has 140 valence electrons. The molecule has 5 nitrogen and oxygen atoms in total. The van der Waals surface area contributed by atoms with Crippen LogP contribution in [0.5, 0.6) is 0 Å². The van der Waals surface area contributed by atoms with Gasteiger partial charge in [-0.1, -0.05) is 43.6 Å². The zero-order valence-electron chi connectivity index (χ0n) is 15.0. The van der Waals surface area contributed by atoms with E-state index in [-0.39, 0.29) is 29.3 Å². The number of benzene rings is 2. The minimum Gasteiger partial charge on any atom is -0.352 e. The Morgan fingerprint density at radius 1 is 1.04 bits per heavy atom. The van der Waals surface area contributed by atoms with Crippen LogP contribution in [0.4, 0.5) is 5.69 Å². The average Bonchev–Trinajstić information content (AvgIpc) is 2.61. The fourth-order valence-corrected chi connectivity index (χ4v) is 3.81. The van der Waals surface area contributed by atoms with E-state index in [1.54, 1.807) is 42.5 Å². The summed E-state index contributed by atoms with van der Waals surface area (Å²) < 4.78 is 27.3. The Morgan fingerprint density at radius 2 is 1.62 bits per heavy atom. The zero-order valence-corrected chi connectivity index (χ0v) is 16.6. The van der Waals surface area contributed by atoms with Crippen LogP contribution >= 0.6 is 11.6 Å². The van der Waals surface area contributed by atoms with Crippen molar-refractivity contribution in [2.45, 2.75) is 31.7 Å². The summed E-state index contributed by atoms with van der Waals surface area (Å²) in [6.45, 7) is 5.56. The molecule has 1 amide bonds. The van der Waals surface area contributed by atoms with Crippen molar-refractivity contribution in [3.63, 3.8) is 0 Å². The van der Waals surface area contributed by atoms with Crippen LogP contribution in [0.25, 0.3) is 0 Å². The van der Waals surface area contributed by atoms with Crippen molar-refractivity contribution < 1.29 is 13.2 Å². The Kier molecular flexibility index (Phi) is 6.67. The van der Waals surface area contributed by atoms with Gasteiger partial charge in [-0.25, -0.2) is 8.42 Å². The molecule has 0 aliphatic heterocycles. The summed E-state index contributed by atoms with van der Waals surface area (Å²) in [7, 11) is -3.89. The smallest absolute Gasteiger partial charge is 0.264 e. The van der Waals surface area contributed by atoms with Gasteiger partial charge >= 0.3 is 0 Å². The number of rotatable bonds is 7. The summed E-state index contributed by atoms with van der Waals surface area (Å²) in [6.07, 6.45) is 0. The van der Waals surface area contributed by atoms with Crippen molar-refractivity contribution >= 4 is 33.2 Å². The molecule has 0 unspecified atom stereocenters. The molecule has 0 fully saturated rings. The number of carbonyl (C=O) groups is 1. The van der Waals surface area contributed by atoms with Gasteiger partial charge < -0.3 is 5.32 Å². The van der Waals surface area contributed by atoms with Gasteiger partial charge in [-0.2, -0.15) is 0 Å². The molecule has 2 aromatic carbocycles. The molecular formula is C19H23ClN2O3S. The van der Waals surface area contributed by atoms with Gasteiger partial charge in [0.15, 0.2) is 0 Å². The lowest BCUT2D eigenvalue weighted by Crippen LogP contribution is -2.44. The highest BCUT2D eigenvalue weighted by Gasteiger charge is 2.27. The van der Waals surface area contributed by atoms with Gasteiger partial charge in [0.1, 0.15) is 6.54 Å². The van der Waals surface area contributed by atoms with Crippen LogP contribution < -0.4 is 9.62 Å². The summed E-state index contributed by atoms with van der Waals surface area (Å²) in [5, 5.41) is 3.33. The van der Waals surface area contributed by atoms with Gasteiger partial charge in [0.05, 0.1) is 10.6 Å². The number of hydrogen-bond acceptors (Lipinski definition) is 3. The first-order chi connectivity index (χ1) is 12.2. The molecule has 26 heavy (non-hydrogen) atoms. The van der Waals surface area contributed by atoms with Crippen LogP contribution in [0.15, 0.2) is 59.5 Å². The molecule has 7 heteroatoms. The average molecular weight is 395 g/mol. The van der Waals surface area contributed by atoms with Gasteiger partial charge in [-0.3, -0.25) is 9.10 Å². The first kappa shape index (κ1) is 20.3. The van der Waals surface area contributed by atoms with Gasteiger partial charge in [-0.05, 0) is 49.2 Å². The number of sulfonamides is 1. The highest BCUT2D eigenvalue weighted by atomic mass is 35.5. The van der Waals surface area contributed by atoms with Crippen molar-refractivity contribution in [2.24, 2.45) is 5.92 Å². The Bertz CT molecular complexity index is 837. The number of anilines is 1. The summed E-state index contributed by atoms with van der Waals surface area (Å²) in [4.78, 5) is 12.6. The van der Waals surface area contributed by atoms with E-state index in [1.165, 1.54) is 12.1 Å². The summed E-state index contributed by atoms with van der Waals surface area (Å²) in [6, 6.07) is 14.3. The molecule has 1 N–H and O–H groups in total. The van der Waals surface area contributed by atoms with E-state index < -0.39 is 10.0 Å². The van der Waals surface area contributed by atoms with Crippen molar-refractivity contribution in [2.75, 3.05) is 10.8 Å². The largest absolute Gasteiger partial charge is 0.352 e. The van der Waals surface area contributed by atoms with Gasteiger partial charge in [0, 0.05) is 11.1 Å². The van der Waals surface area contributed by atoms with Crippen molar-refractivity contribution in [1.82, 2.24) is 5.32 Å². The minimum absolute atomic E-state index is 0.0611. The van der Waals surface area contributed by atoms with Crippen LogP contribution in [0, 0.1) is 5.92 Å². The predicted octanol–water partition coefficient (Wildman–Crippen LogP) is 3.70. The van der Waals surface area contributed by atoms with Crippen molar-refractivity contribution in [3.8, 4) is 0 Å². The van der Waals surface area contributed by atoms with Crippen molar-refractivity contribution in [1.29, 1.82) is 0 Å². The first-order valence-corrected chi connectivity index (χ1v) is 10.2. The quantitative estimate of drug-likeness (QED) is 0.778. The van der Waals surface area contributed by atoms with Crippen LogP contribution in [0.1, 0.15) is 20.8 Å². The second-order valence-corrected chi connectivity index (χ2v) is 8.70. The van der Waals surface area contributed by atoms with E-state index in [1.807, 2.05) is 20.8 Å². The maximum absolute atomic E-state index is 13.1. The normalized spacial score (nSPS) is 12.7. The number of carbonyl (C=O) groups excluding carboxylic acids is 1. The second kappa shape index (κ2) is 8.56. The fraction of sp³-hybridized carbons (Fsp3) is 0.316. The molecule has 2 aromatic rings. The SMILES string of the molecule is CC(C)[C@H](C)NC(=O)CN(c1ccc(Cl)cc1)S(=O)(=O)c1ccccc1. The molecule has 1 atom stereocenters. The van der Waals surface area contributed by atoms with E-state index in [0.717, 1.165) is 4.31 Å². The van der Waals surface area contributed by atoms with E-state index in [9.17, 15) is 13.2 Å². The number of nitrogens with zero attached hydrogens (tertiary/aromatic N) is 1. The maximum atomic E-state index is 13.1. The highest BCUT2D eigenvalue weighted by Crippen LogP contribution is 2.25. The third-order valence-corrected chi connectivity index (χ3v) is 6.16. The lowest BCUT2D eigenvalue weighted by molar-refractivity contribution is -0.120. The summed E-state index contributed by atoms with van der Waals surface area (Å²) in [5.41, 5.74) is 0.380. The van der Waals surface area contributed by atoms with Gasteiger partial charge in [0.25, 0.3) is 10.0 Å². The Labute approximate surface area is 160 Å². The molecule has 0 bridgehead atoms. The molecule has 0 heterocycles. The second-order valence-electron chi connectivity index (χ2n) is 6.40. The molecule has 0 aliphatic rings. The summed E-state index contributed by atoms with van der Waals surface area (Å²) in [5.74, 6) is -0.116. The Hall–Kier alpha value is -2.05. The first-order valence-electron chi connectivity index (χ1n) is 8.34. The van der Waals surface area contributed by atoms with E-state index >= 15 is 0 Å². The van der Waals surface area contributed by atoms with E-state index in [2.05, 4.69) is 5.32 Å².